The maximum Gasteiger partial charge on any atom is 0.268 e. The first kappa shape index (κ1) is 20.1. The summed E-state index contributed by atoms with van der Waals surface area (Å²) in [6, 6.07) is 14.8. The topological polar surface area (TPSA) is 71.3 Å². The largest absolute Gasteiger partial charge is 0.465 e. The van der Waals surface area contributed by atoms with Crippen molar-refractivity contribution in [1.82, 2.24) is 10.6 Å². The van der Waals surface area contributed by atoms with Gasteiger partial charge in [-0.05, 0) is 55.3 Å². The van der Waals surface area contributed by atoms with Crippen molar-refractivity contribution >= 4 is 17.9 Å². The molecular formula is C23H21FN2O3. The molecule has 3 aromatic rings. The summed E-state index contributed by atoms with van der Waals surface area (Å²) in [6.45, 7) is 3.85. The van der Waals surface area contributed by atoms with Crippen LogP contribution in [0, 0.1) is 19.7 Å². The van der Waals surface area contributed by atoms with Crippen LogP contribution in [0.15, 0.2) is 71.0 Å². The summed E-state index contributed by atoms with van der Waals surface area (Å²) in [6.07, 6.45) is 2.89. The first-order valence-corrected chi connectivity index (χ1v) is 9.09. The third-order valence-corrected chi connectivity index (χ3v) is 4.49. The molecule has 0 saturated heterocycles. The number of aryl methyl sites for hydroxylation is 2. The Morgan fingerprint density at radius 2 is 1.83 bits per heavy atom. The number of carbonyl (C=O) groups excluding carboxylic acids is 2. The Morgan fingerprint density at radius 3 is 2.52 bits per heavy atom. The number of carbonyl (C=O) groups is 2. The zero-order chi connectivity index (χ0) is 20.8. The average molecular weight is 392 g/mol. The van der Waals surface area contributed by atoms with E-state index in [-0.39, 0.29) is 12.2 Å². The highest BCUT2D eigenvalue weighted by Crippen LogP contribution is 2.12. The lowest BCUT2D eigenvalue weighted by Gasteiger charge is -2.12. The number of halogens is 1. The Hall–Kier alpha value is -3.67. The van der Waals surface area contributed by atoms with Crippen molar-refractivity contribution in [2.45, 2.75) is 20.4 Å². The maximum absolute atomic E-state index is 13.8. The SMILES string of the molecule is Cc1ccc(C(=O)N/C(=C/c2ccco2)C(=O)NCc2ccccc2F)cc1C. The Kier molecular flexibility index (Phi) is 6.24. The molecule has 0 spiro atoms. The lowest BCUT2D eigenvalue weighted by molar-refractivity contribution is -0.117. The molecule has 148 valence electrons. The number of rotatable bonds is 6. The van der Waals surface area contributed by atoms with Crippen LogP contribution >= 0.6 is 0 Å². The summed E-state index contributed by atoms with van der Waals surface area (Å²) < 4.78 is 19.0. The second-order valence-electron chi connectivity index (χ2n) is 6.60. The van der Waals surface area contributed by atoms with Gasteiger partial charge in [0.1, 0.15) is 17.3 Å². The van der Waals surface area contributed by atoms with Crippen LogP contribution in [0.1, 0.15) is 32.8 Å². The minimum absolute atomic E-state index is 0.000447. The van der Waals surface area contributed by atoms with Gasteiger partial charge in [-0.2, -0.15) is 0 Å². The summed E-state index contributed by atoms with van der Waals surface area (Å²) in [5, 5.41) is 5.25. The third-order valence-electron chi connectivity index (χ3n) is 4.49. The smallest absolute Gasteiger partial charge is 0.268 e. The van der Waals surface area contributed by atoms with Crippen molar-refractivity contribution in [1.29, 1.82) is 0 Å². The van der Waals surface area contributed by atoms with Crippen LogP contribution in [0.4, 0.5) is 4.39 Å². The zero-order valence-electron chi connectivity index (χ0n) is 16.2. The van der Waals surface area contributed by atoms with Gasteiger partial charge in [0.15, 0.2) is 0 Å². The van der Waals surface area contributed by atoms with Gasteiger partial charge in [-0.1, -0.05) is 24.3 Å². The van der Waals surface area contributed by atoms with E-state index in [1.807, 2.05) is 19.9 Å². The Labute approximate surface area is 168 Å². The van der Waals surface area contributed by atoms with Crippen LogP contribution in [0.3, 0.4) is 0 Å². The molecule has 0 aliphatic rings. The van der Waals surface area contributed by atoms with E-state index in [2.05, 4.69) is 10.6 Å². The molecule has 2 amide bonds. The van der Waals surface area contributed by atoms with Gasteiger partial charge in [0, 0.05) is 23.7 Å². The molecule has 6 heteroatoms. The predicted molar refractivity (Wildman–Crippen MR) is 108 cm³/mol. The van der Waals surface area contributed by atoms with Crippen LogP contribution in [-0.2, 0) is 11.3 Å². The van der Waals surface area contributed by atoms with Gasteiger partial charge < -0.3 is 15.1 Å². The van der Waals surface area contributed by atoms with Gasteiger partial charge >= 0.3 is 0 Å². The molecule has 1 aromatic heterocycles. The Bertz CT molecular complexity index is 1060. The summed E-state index contributed by atoms with van der Waals surface area (Å²) in [5.41, 5.74) is 2.81. The van der Waals surface area contributed by atoms with E-state index >= 15 is 0 Å². The second-order valence-corrected chi connectivity index (χ2v) is 6.60. The van der Waals surface area contributed by atoms with Gasteiger partial charge in [-0.25, -0.2) is 4.39 Å². The van der Waals surface area contributed by atoms with E-state index in [4.69, 9.17) is 4.42 Å². The fraction of sp³-hybridized carbons (Fsp3) is 0.130. The first-order chi connectivity index (χ1) is 13.9. The van der Waals surface area contributed by atoms with Crippen molar-refractivity contribution in [2.75, 3.05) is 0 Å². The lowest BCUT2D eigenvalue weighted by Crippen LogP contribution is -2.34. The lowest BCUT2D eigenvalue weighted by atomic mass is 10.1. The molecule has 0 aliphatic carbocycles. The fourth-order valence-corrected chi connectivity index (χ4v) is 2.66. The van der Waals surface area contributed by atoms with Crippen molar-refractivity contribution in [3.05, 3.63) is 100 Å². The second kappa shape index (κ2) is 9.01. The van der Waals surface area contributed by atoms with E-state index in [1.54, 1.807) is 42.5 Å². The van der Waals surface area contributed by atoms with Crippen molar-refractivity contribution in [2.24, 2.45) is 0 Å². The number of amides is 2. The van der Waals surface area contributed by atoms with Gasteiger partial charge in [0.2, 0.25) is 0 Å². The molecule has 2 N–H and O–H groups in total. The Morgan fingerprint density at radius 1 is 1.03 bits per heavy atom. The summed E-state index contributed by atoms with van der Waals surface area (Å²) in [5.74, 6) is -0.987. The monoisotopic (exact) mass is 392 g/mol. The van der Waals surface area contributed by atoms with Crippen molar-refractivity contribution < 1.29 is 18.4 Å². The van der Waals surface area contributed by atoms with E-state index in [9.17, 15) is 14.0 Å². The van der Waals surface area contributed by atoms with Crippen LogP contribution < -0.4 is 10.6 Å². The van der Waals surface area contributed by atoms with Crippen molar-refractivity contribution in [3.63, 3.8) is 0 Å². The Balaban J connectivity index is 1.79. The van der Waals surface area contributed by atoms with Gasteiger partial charge in [0.25, 0.3) is 11.8 Å². The van der Waals surface area contributed by atoms with E-state index in [1.165, 1.54) is 18.4 Å². The molecule has 3 rings (SSSR count). The minimum atomic E-state index is -0.554. The van der Waals surface area contributed by atoms with E-state index in [0.717, 1.165) is 11.1 Å². The standard InChI is InChI=1S/C23H21FN2O3/c1-15-9-10-17(12-16(15)2)22(27)26-21(13-19-7-5-11-29-19)23(28)25-14-18-6-3-4-8-20(18)24/h3-13H,14H2,1-2H3,(H,25,28)(H,26,27)/b21-13+. The molecule has 2 aromatic carbocycles. The van der Waals surface area contributed by atoms with Crippen molar-refractivity contribution in [3.8, 4) is 0 Å². The van der Waals surface area contributed by atoms with E-state index < -0.39 is 17.6 Å². The van der Waals surface area contributed by atoms with E-state index in [0.29, 0.717) is 16.9 Å². The molecular weight excluding hydrogens is 371 g/mol. The third kappa shape index (κ3) is 5.19. The van der Waals surface area contributed by atoms with Crippen LogP contribution in [0.2, 0.25) is 0 Å². The van der Waals surface area contributed by atoms with Crippen LogP contribution in [-0.4, -0.2) is 11.8 Å². The fourth-order valence-electron chi connectivity index (χ4n) is 2.66. The summed E-state index contributed by atoms with van der Waals surface area (Å²) in [4.78, 5) is 25.3. The van der Waals surface area contributed by atoms with Gasteiger partial charge in [-0.3, -0.25) is 9.59 Å². The molecule has 0 bridgehead atoms. The highest BCUT2D eigenvalue weighted by Gasteiger charge is 2.16. The molecule has 0 fully saturated rings. The number of benzene rings is 2. The predicted octanol–water partition coefficient (Wildman–Crippen LogP) is 4.12. The van der Waals surface area contributed by atoms with Crippen LogP contribution in [0.5, 0.6) is 0 Å². The molecule has 0 aliphatic heterocycles. The maximum atomic E-state index is 13.8. The van der Waals surface area contributed by atoms with Crippen LogP contribution in [0.25, 0.3) is 6.08 Å². The normalized spacial score (nSPS) is 11.2. The molecule has 0 radical (unpaired) electrons. The molecule has 29 heavy (non-hydrogen) atoms. The molecule has 0 unspecified atom stereocenters. The molecule has 0 saturated carbocycles. The molecule has 5 nitrogen and oxygen atoms in total. The van der Waals surface area contributed by atoms with Gasteiger partial charge in [-0.15, -0.1) is 0 Å². The average Bonchev–Trinajstić information content (AvgIpc) is 3.21. The number of nitrogens with one attached hydrogen (secondary N) is 2. The summed E-state index contributed by atoms with van der Waals surface area (Å²) >= 11 is 0. The first-order valence-electron chi connectivity index (χ1n) is 9.09. The number of hydrogen-bond donors (Lipinski definition) is 2. The zero-order valence-corrected chi connectivity index (χ0v) is 16.2. The quantitative estimate of drug-likeness (QED) is 0.620. The molecule has 0 atom stereocenters. The number of hydrogen-bond acceptors (Lipinski definition) is 3. The number of furan rings is 1. The highest BCUT2D eigenvalue weighted by atomic mass is 19.1. The van der Waals surface area contributed by atoms with Gasteiger partial charge in [0.05, 0.1) is 6.26 Å². The summed E-state index contributed by atoms with van der Waals surface area (Å²) in [7, 11) is 0. The minimum Gasteiger partial charge on any atom is -0.465 e. The highest BCUT2D eigenvalue weighted by molar-refractivity contribution is 6.05. The molecule has 1 heterocycles.